The van der Waals surface area contributed by atoms with Crippen LogP contribution >= 0.6 is 0 Å². The highest BCUT2D eigenvalue weighted by Gasteiger charge is 2.30. The molecule has 2 N–H and O–H groups in total. The molecule has 0 saturated heterocycles. The molecule has 0 saturated carbocycles. The Morgan fingerprint density at radius 2 is 1.72 bits per heavy atom. The Morgan fingerprint density at radius 1 is 1.00 bits per heavy atom. The van der Waals surface area contributed by atoms with Gasteiger partial charge in [0.25, 0.3) is 0 Å². The maximum Gasteiger partial charge on any atom is 0.240 e. The summed E-state index contributed by atoms with van der Waals surface area (Å²) in [6, 6.07) is 21.8. The van der Waals surface area contributed by atoms with Gasteiger partial charge >= 0.3 is 0 Å². The Kier molecular flexibility index (Phi) is 4.07. The third-order valence-corrected chi connectivity index (χ3v) is 6.30. The second-order valence-corrected chi connectivity index (χ2v) is 8.13. The van der Waals surface area contributed by atoms with E-state index in [1.165, 1.54) is 16.3 Å². The highest BCUT2D eigenvalue weighted by molar-refractivity contribution is 7.89. The van der Waals surface area contributed by atoms with Gasteiger partial charge in [0.2, 0.25) is 10.0 Å². The highest BCUT2D eigenvalue weighted by Crippen LogP contribution is 2.30. The molecule has 3 aromatic carbocycles. The van der Waals surface area contributed by atoms with Crippen LogP contribution in [-0.2, 0) is 10.0 Å². The fraction of sp³-hybridized carbons (Fsp3) is 0.200. The van der Waals surface area contributed by atoms with E-state index >= 15 is 0 Å². The molecule has 25 heavy (non-hydrogen) atoms. The molecule has 4 rings (SSSR count). The summed E-state index contributed by atoms with van der Waals surface area (Å²) in [4.78, 5) is 0.365. The minimum absolute atomic E-state index is 0.0614. The number of benzene rings is 3. The van der Waals surface area contributed by atoms with Crippen LogP contribution in [0.4, 0.5) is 0 Å². The molecule has 0 fully saturated rings. The summed E-state index contributed by atoms with van der Waals surface area (Å²) < 4.78 is 27.1. The van der Waals surface area contributed by atoms with Crippen LogP contribution in [0.3, 0.4) is 0 Å². The van der Waals surface area contributed by atoms with Crippen LogP contribution in [0.2, 0.25) is 0 Å². The number of hydrogen-bond donors (Lipinski definition) is 2. The third-order valence-electron chi connectivity index (χ3n) is 4.80. The maximum atomic E-state index is 12.2. The van der Waals surface area contributed by atoms with Crippen LogP contribution < -0.4 is 10.0 Å². The molecule has 1 heterocycles. The normalized spacial score (nSPS) is 20.1. The van der Waals surface area contributed by atoms with Crippen molar-refractivity contribution >= 4 is 20.8 Å². The van der Waals surface area contributed by atoms with Crippen molar-refractivity contribution in [3.63, 3.8) is 0 Å². The van der Waals surface area contributed by atoms with E-state index in [0.29, 0.717) is 11.4 Å². The Hall–Kier alpha value is -2.21. The maximum absolute atomic E-state index is 12.2. The van der Waals surface area contributed by atoms with Gasteiger partial charge in [-0.25, -0.2) is 13.1 Å². The molecule has 0 aliphatic carbocycles. The predicted octanol–water partition coefficient (Wildman–Crippen LogP) is 3.52. The minimum atomic E-state index is -3.40. The van der Waals surface area contributed by atoms with Crippen molar-refractivity contribution < 1.29 is 8.42 Å². The van der Waals surface area contributed by atoms with E-state index in [1.54, 1.807) is 12.1 Å². The van der Waals surface area contributed by atoms with E-state index in [9.17, 15) is 8.42 Å². The molecule has 4 nitrogen and oxygen atoms in total. The smallest absolute Gasteiger partial charge is 0.240 e. The summed E-state index contributed by atoms with van der Waals surface area (Å²) in [6.45, 7) is 2.47. The zero-order valence-corrected chi connectivity index (χ0v) is 14.8. The fourth-order valence-electron chi connectivity index (χ4n) is 3.56. The molecule has 0 radical (unpaired) electrons. The van der Waals surface area contributed by atoms with Gasteiger partial charge < -0.3 is 5.32 Å². The molecule has 0 bridgehead atoms. The summed E-state index contributed by atoms with van der Waals surface area (Å²) in [6.07, 6.45) is 0. The molecule has 3 aromatic rings. The van der Waals surface area contributed by atoms with Gasteiger partial charge in [-0.2, -0.15) is 0 Å². The molecule has 1 aliphatic rings. The van der Waals surface area contributed by atoms with E-state index in [4.69, 9.17) is 0 Å². The second-order valence-electron chi connectivity index (χ2n) is 6.40. The molecule has 0 spiro atoms. The van der Waals surface area contributed by atoms with E-state index in [-0.39, 0.29) is 12.1 Å². The zero-order valence-electron chi connectivity index (χ0n) is 13.9. The first-order valence-electron chi connectivity index (χ1n) is 8.38. The van der Waals surface area contributed by atoms with E-state index in [0.717, 1.165) is 5.56 Å². The molecule has 2 atom stereocenters. The zero-order chi connectivity index (χ0) is 17.4. The topological polar surface area (TPSA) is 58.2 Å². The molecule has 128 valence electrons. The lowest BCUT2D eigenvalue weighted by Crippen LogP contribution is -2.41. The quantitative estimate of drug-likeness (QED) is 0.758. The van der Waals surface area contributed by atoms with Crippen LogP contribution in [0, 0.1) is 0 Å². The van der Waals surface area contributed by atoms with Gasteiger partial charge in [-0.3, -0.25) is 0 Å². The van der Waals surface area contributed by atoms with Crippen molar-refractivity contribution in [3.8, 4) is 0 Å². The SMILES string of the molecule is C[C@@H](N[C@H]1CNS(=O)(=O)c2ccccc21)c1cccc2ccccc12. The van der Waals surface area contributed by atoms with Gasteiger partial charge in [-0.1, -0.05) is 60.7 Å². The average molecular weight is 352 g/mol. The first kappa shape index (κ1) is 16.3. The van der Waals surface area contributed by atoms with Crippen molar-refractivity contribution in [3.05, 3.63) is 77.9 Å². The summed E-state index contributed by atoms with van der Waals surface area (Å²) in [5, 5.41) is 6.02. The third kappa shape index (κ3) is 2.95. The molecule has 0 amide bonds. The van der Waals surface area contributed by atoms with Crippen molar-refractivity contribution in [1.82, 2.24) is 10.0 Å². The van der Waals surface area contributed by atoms with Crippen molar-refractivity contribution in [2.24, 2.45) is 0 Å². The average Bonchev–Trinajstić information content (AvgIpc) is 2.64. The Bertz CT molecular complexity index is 1030. The standard InChI is InChI=1S/C20H20N2O2S/c1-14(16-11-6-8-15-7-2-3-9-17(15)16)22-19-13-21-25(23,24)20-12-5-4-10-18(19)20/h2-12,14,19,21-22H,13H2,1H3/t14-,19+/m1/s1. The van der Waals surface area contributed by atoms with Gasteiger partial charge in [0.05, 0.1) is 4.90 Å². The molecule has 5 heteroatoms. The predicted molar refractivity (Wildman–Crippen MR) is 99.9 cm³/mol. The lowest BCUT2D eigenvalue weighted by molar-refractivity contribution is 0.444. The number of hydrogen-bond acceptors (Lipinski definition) is 3. The second kappa shape index (κ2) is 6.26. The van der Waals surface area contributed by atoms with Gasteiger partial charge in [-0.15, -0.1) is 0 Å². The number of fused-ring (bicyclic) bond motifs is 2. The minimum Gasteiger partial charge on any atom is -0.302 e. The number of sulfonamides is 1. The first-order valence-corrected chi connectivity index (χ1v) is 9.87. The van der Waals surface area contributed by atoms with Crippen LogP contribution in [0.15, 0.2) is 71.6 Å². The van der Waals surface area contributed by atoms with Gasteiger partial charge in [0.15, 0.2) is 0 Å². The van der Waals surface area contributed by atoms with Crippen LogP contribution in [0.5, 0.6) is 0 Å². The van der Waals surface area contributed by atoms with E-state index in [2.05, 4.69) is 47.3 Å². The monoisotopic (exact) mass is 352 g/mol. The fourth-order valence-corrected chi connectivity index (χ4v) is 4.88. The summed E-state index contributed by atoms with van der Waals surface area (Å²) in [5.41, 5.74) is 2.04. The Labute approximate surface area is 147 Å². The number of nitrogens with one attached hydrogen (secondary N) is 2. The highest BCUT2D eigenvalue weighted by atomic mass is 32.2. The molecule has 1 aliphatic heterocycles. The van der Waals surface area contributed by atoms with Crippen LogP contribution in [0.25, 0.3) is 10.8 Å². The molecule has 0 unspecified atom stereocenters. The Balaban J connectivity index is 1.68. The summed E-state index contributed by atoms with van der Waals surface area (Å²) in [7, 11) is -3.40. The first-order chi connectivity index (χ1) is 12.1. The molecule has 0 aromatic heterocycles. The van der Waals surface area contributed by atoms with Gasteiger partial charge in [0.1, 0.15) is 0 Å². The van der Waals surface area contributed by atoms with Gasteiger partial charge in [-0.05, 0) is 34.9 Å². The Morgan fingerprint density at radius 3 is 2.60 bits per heavy atom. The van der Waals surface area contributed by atoms with E-state index < -0.39 is 10.0 Å². The summed E-state index contributed by atoms with van der Waals surface area (Å²) in [5.74, 6) is 0. The largest absolute Gasteiger partial charge is 0.302 e. The van der Waals surface area contributed by atoms with Gasteiger partial charge in [0, 0.05) is 18.6 Å². The molecular formula is C20H20N2O2S. The lowest BCUT2D eigenvalue weighted by atomic mass is 9.98. The van der Waals surface area contributed by atoms with Crippen LogP contribution in [-0.4, -0.2) is 15.0 Å². The van der Waals surface area contributed by atoms with Crippen molar-refractivity contribution in [2.75, 3.05) is 6.54 Å². The molecular weight excluding hydrogens is 332 g/mol. The number of rotatable bonds is 3. The van der Waals surface area contributed by atoms with Crippen molar-refractivity contribution in [2.45, 2.75) is 23.9 Å². The summed E-state index contributed by atoms with van der Waals surface area (Å²) >= 11 is 0. The van der Waals surface area contributed by atoms with Crippen LogP contribution in [0.1, 0.15) is 30.1 Å². The van der Waals surface area contributed by atoms with E-state index in [1.807, 2.05) is 24.3 Å². The van der Waals surface area contributed by atoms with Crippen molar-refractivity contribution in [1.29, 1.82) is 0 Å². The lowest BCUT2D eigenvalue weighted by Gasteiger charge is -2.30.